The number of benzene rings is 3. The van der Waals surface area contributed by atoms with Gasteiger partial charge in [-0.3, -0.25) is 4.79 Å². The summed E-state index contributed by atoms with van der Waals surface area (Å²) >= 11 is 0. The van der Waals surface area contributed by atoms with Crippen molar-refractivity contribution in [1.82, 2.24) is 4.90 Å². The fourth-order valence-electron chi connectivity index (χ4n) is 3.18. The van der Waals surface area contributed by atoms with Crippen molar-refractivity contribution in [2.24, 2.45) is 0 Å². The molecule has 2 N–H and O–H groups in total. The van der Waals surface area contributed by atoms with Gasteiger partial charge in [-0.25, -0.2) is 0 Å². The Hall–Kier alpha value is -3.41. The zero-order valence-electron chi connectivity index (χ0n) is 16.8. The lowest BCUT2D eigenvalue weighted by Crippen LogP contribution is -2.34. The Kier molecular flexibility index (Phi) is 7.78. The quantitative estimate of drug-likeness (QED) is 0.532. The third kappa shape index (κ3) is 5.56. The minimum absolute atomic E-state index is 0.136. The SMILES string of the molecule is O=C(C=Cc1ccc(N(c2ccccc2)c2ccccc2)cc1)N(CCO)CCO. The van der Waals surface area contributed by atoms with Gasteiger partial charge in [-0.15, -0.1) is 0 Å². The van der Waals surface area contributed by atoms with Gasteiger partial charge in [0.25, 0.3) is 0 Å². The van der Waals surface area contributed by atoms with E-state index in [-0.39, 0.29) is 32.2 Å². The Morgan fingerprint density at radius 1 is 0.700 bits per heavy atom. The van der Waals surface area contributed by atoms with Crippen LogP contribution >= 0.6 is 0 Å². The van der Waals surface area contributed by atoms with Gasteiger partial charge in [0.05, 0.1) is 13.2 Å². The van der Waals surface area contributed by atoms with E-state index in [2.05, 4.69) is 29.2 Å². The van der Waals surface area contributed by atoms with Gasteiger partial charge in [-0.05, 0) is 48.0 Å². The van der Waals surface area contributed by atoms with Crippen molar-refractivity contribution in [2.45, 2.75) is 0 Å². The highest BCUT2D eigenvalue weighted by Crippen LogP contribution is 2.34. The number of aliphatic hydroxyl groups excluding tert-OH is 2. The Bertz CT molecular complexity index is 896. The van der Waals surface area contributed by atoms with Crippen LogP contribution in [0.3, 0.4) is 0 Å². The molecule has 0 saturated carbocycles. The first-order chi connectivity index (χ1) is 14.7. The van der Waals surface area contributed by atoms with Gasteiger partial charge in [-0.2, -0.15) is 0 Å². The molecule has 5 nitrogen and oxygen atoms in total. The maximum absolute atomic E-state index is 12.3. The Morgan fingerprint density at radius 2 is 1.17 bits per heavy atom. The number of rotatable bonds is 9. The summed E-state index contributed by atoms with van der Waals surface area (Å²) in [5, 5.41) is 18.1. The molecule has 0 radical (unpaired) electrons. The summed E-state index contributed by atoms with van der Waals surface area (Å²) < 4.78 is 0. The second-order valence-electron chi connectivity index (χ2n) is 6.70. The van der Waals surface area contributed by atoms with Gasteiger partial charge < -0.3 is 20.0 Å². The van der Waals surface area contributed by atoms with Gasteiger partial charge in [0.15, 0.2) is 0 Å². The molecule has 30 heavy (non-hydrogen) atoms. The van der Waals surface area contributed by atoms with Crippen LogP contribution in [-0.2, 0) is 4.79 Å². The molecule has 0 heterocycles. The van der Waals surface area contributed by atoms with Gasteiger partial charge in [0.1, 0.15) is 0 Å². The van der Waals surface area contributed by atoms with Crippen molar-refractivity contribution >= 4 is 29.0 Å². The normalized spacial score (nSPS) is 10.9. The van der Waals surface area contributed by atoms with Crippen molar-refractivity contribution in [2.75, 3.05) is 31.2 Å². The molecule has 0 atom stereocenters. The van der Waals surface area contributed by atoms with Crippen LogP contribution in [-0.4, -0.2) is 47.3 Å². The smallest absolute Gasteiger partial charge is 0.246 e. The van der Waals surface area contributed by atoms with Gasteiger partial charge in [0.2, 0.25) is 5.91 Å². The summed E-state index contributed by atoms with van der Waals surface area (Å²) in [6.45, 7) is 0.129. The van der Waals surface area contributed by atoms with Crippen molar-refractivity contribution in [1.29, 1.82) is 0 Å². The zero-order chi connectivity index (χ0) is 21.2. The average Bonchev–Trinajstić information content (AvgIpc) is 2.80. The van der Waals surface area contributed by atoms with Crippen LogP contribution in [0.2, 0.25) is 0 Å². The highest BCUT2D eigenvalue weighted by atomic mass is 16.3. The standard InChI is InChI=1S/C25H26N2O3/c28-19-17-26(18-20-29)25(30)16-13-21-11-14-24(15-12-21)27(22-7-3-1-4-8-22)23-9-5-2-6-10-23/h1-16,28-29H,17-20H2. The first-order valence-corrected chi connectivity index (χ1v) is 9.92. The molecule has 0 bridgehead atoms. The molecule has 1 amide bonds. The first kappa shape index (κ1) is 21.3. The van der Waals surface area contributed by atoms with Crippen LogP contribution in [0.1, 0.15) is 5.56 Å². The third-order valence-corrected chi connectivity index (χ3v) is 4.65. The van der Waals surface area contributed by atoms with Gasteiger partial charge in [0, 0.05) is 36.2 Å². The molecule has 3 aromatic carbocycles. The lowest BCUT2D eigenvalue weighted by atomic mass is 10.1. The van der Waals surface area contributed by atoms with Crippen LogP contribution in [0.5, 0.6) is 0 Å². The van der Waals surface area contributed by atoms with E-state index in [1.54, 1.807) is 6.08 Å². The lowest BCUT2D eigenvalue weighted by molar-refractivity contribution is -0.126. The molecule has 154 valence electrons. The number of nitrogens with zero attached hydrogens (tertiary/aromatic N) is 2. The largest absolute Gasteiger partial charge is 0.395 e. The molecule has 0 fully saturated rings. The van der Waals surface area contributed by atoms with Crippen molar-refractivity contribution in [3.63, 3.8) is 0 Å². The Labute approximate surface area is 177 Å². The van der Waals surface area contributed by atoms with E-state index in [0.717, 1.165) is 22.6 Å². The van der Waals surface area contributed by atoms with Gasteiger partial charge in [-0.1, -0.05) is 48.5 Å². The van der Waals surface area contributed by atoms with E-state index >= 15 is 0 Å². The van der Waals surface area contributed by atoms with Crippen molar-refractivity contribution < 1.29 is 15.0 Å². The van der Waals surface area contributed by atoms with Crippen molar-refractivity contribution in [3.8, 4) is 0 Å². The summed E-state index contributed by atoms with van der Waals surface area (Å²) in [4.78, 5) is 15.8. The summed E-state index contributed by atoms with van der Waals surface area (Å²) in [6.07, 6.45) is 3.20. The second-order valence-corrected chi connectivity index (χ2v) is 6.70. The highest BCUT2D eigenvalue weighted by Gasteiger charge is 2.12. The summed E-state index contributed by atoms with van der Waals surface area (Å²) in [5.41, 5.74) is 4.02. The van der Waals surface area contributed by atoms with Crippen LogP contribution in [0.25, 0.3) is 6.08 Å². The fraction of sp³-hybridized carbons (Fsp3) is 0.160. The van der Waals surface area contributed by atoms with E-state index < -0.39 is 0 Å². The molecule has 0 aliphatic rings. The average molecular weight is 402 g/mol. The minimum atomic E-state index is -0.239. The first-order valence-electron chi connectivity index (χ1n) is 9.92. The molecule has 0 aromatic heterocycles. The monoisotopic (exact) mass is 402 g/mol. The molecule has 0 aliphatic carbocycles. The molecule has 3 rings (SSSR count). The molecule has 0 aliphatic heterocycles. The number of hydrogen-bond donors (Lipinski definition) is 2. The predicted octanol–water partition coefficient (Wildman–Crippen LogP) is 3.98. The Morgan fingerprint density at radius 3 is 1.63 bits per heavy atom. The maximum Gasteiger partial charge on any atom is 0.246 e. The summed E-state index contributed by atoms with van der Waals surface area (Å²) in [5.74, 6) is -0.239. The van der Waals surface area contributed by atoms with Gasteiger partial charge >= 0.3 is 0 Å². The number of amides is 1. The van der Waals surface area contributed by atoms with E-state index in [4.69, 9.17) is 10.2 Å². The van der Waals surface area contributed by atoms with E-state index in [0.29, 0.717) is 0 Å². The van der Waals surface area contributed by atoms with Crippen molar-refractivity contribution in [3.05, 3.63) is 96.6 Å². The number of anilines is 3. The molecule has 0 saturated heterocycles. The van der Waals surface area contributed by atoms with Crippen LogP contribution in [0, 0.1) is 0 Å². The fourth-order valence-corrected chi connectivity index (χ4v) is 3.18. The van der Waals surface area contributed by atoms with Crippen LogP contribution in [0.4, 0.5) is 17.1 Å². The number of para-hydroxylation sites is 2. The molecule has 0 spiro atoms. The molecule has 0 unspecified atom stereocenters. The molecular formula is C25H26N2O3. The molecular weight excluding hydrogens is 376 g/mol. The van der Waals surface area contributed by atoms with Crippen LogP contribution < -0.4 is 4.90 Å². The van der Waals surface area contributed by atoms with E-state index in [1.807, 2.05) is 60.7 Å². The molecule has 3 aromatic rings. The maximum atomic E-state index is 12.3. The number of carbonyl (C=O) groups is 1. The lowest BCUT2D eigenvalue weighted by Gasteiger charge is -2.25. The zero-order valence-corrected chi connectivity index (χ0v) is 16.8. The number of carbonyl (C=O) groups excluding carboxylic acids is 1. The van der Waals surface area contributed by atoms with Crippen LogP contribution in [0.15, 0.2) is 91.0 Å². The van der Waals surface area contributed by atoms with E-state index in [1.165, 1.54) is 11.0 Å². The Balaban J connectivity index is 1.81. The molecule has 5 heteroatoms. The summed E-state index contributed by atoms with van der Waals surface area (Å²) in [6, 6.07) is 28.3. The number of aliphatic hydroxyl groups is 2. The predicted molar refractivity (Wildman–Crippen MR) is 121 cm³/mol. The number of hydrogen-bond acceptors (Lipinski definition) is 4. The topological polar surface area (TPSA) is 64.0 Å². The third-order valence-electron chi connectivity index (χ3n) is 4.65. The summed E-state index contributed by atoms with van der Waals surface area (Å²) in [7, 11) is 0. The highest BCUT2D eigenvalue weighted by molar-refractivity contribution is 5.92. The second kappa shape index (κ2) is 11.0. The minimum Gasteiger partial charge on any atom is -0.395 e. The van der Waals surface area contributed by atoms with E-state index in [9.17, 15) is 4.79 Å².